The van der Waals surface area contributed by atoms with Gasteiger partial charge in [0.15, 0.2) is 5.13 Å². The van der Waals surface area contributed by atoms with Crippen molar-refractivity contribution in [1.29, 1.82) is 0 Å². The number of rotatable bonds is 3. The number of carbonyl (C=O) groups excluding carboxylic acids is 1. The third-order valence-corrected chi connectivity index (χ3v) is 2.70. The topological polar surface area (TPSA) is 62.2 Å². The Kier molecular flexibility index (Phi) is 3.39. The molecule has 5 heteroatoms. The summed E-state index contributed by atoms with van der Waals surface area (Å²) in [7, 11) is 0. The molecule has 1 rings (SSSR count). The summed E-state index contributed by atoms with van der Waals surface area (Å²) >= 11 is 1.43. The van der Waals surface area contributed by atoms with Crippen LogP contribution in [0, 0.1) is 0 Å². The van der Waals surface area contributed by atoms with Crippen molar-refractivity contribution in [3.05, 3.63) is 11.1 Å². The summed E-state index contributed by atoms with van der Waals surface area (Å²) in [6.45, 7) is 3.62. The number of hydrogen-bond acceptors (Lipinski definition) is 4. The number of nitrogens with zero attached hydrogens (tertiary/aromatic N) is 1. The smallest absolute Gasteiger partial charge is 0.251 e. The van der Waals surface area contributed by atoms with Crippen LogP contribution >= 0.6 is 11.3 Å². The Morgan fingerprint density at radius 2 is 2.46 bits per heavy atom. The van der Waals surface area contributed by atoms with E-state index < -0.39 is 12.5 Å². The van der Waals surface area contributed by atoms with Gasteiger partial charge in [0.05, 0.1) is 0 Å². The number of aromatic nitrogens is 1. The van der Waals surface area contributed by atoms with Crippen molar-refractivity contribution < 1.29 is 9.90 Å². The van der Waals surface area contributed by atoms with Crippen LogP contribution in [0.3, 0.4) is 0 Å². The van der Waals surface area contributed by atoms with Crippen LogP contribution in [0.15, 0.2) is 6.20 Å². The van der Waals surface area contributed by atoms with Crippen LogP contribution in [0.2, 0.25) is 0 Å². The van der Waals surface area contributed by atoms with Crippen molar-refractivity contribution in [2.24, 2.45) is 0 Å². The number of aliphatic hydroxyl groups is 1. The molecule has 0 spiro atoms. The molecule has 1 amide bonds. The third kappa shape index (κ3) is 2.78. The monoisotopic (exact) mass is 200 g/mol. The molecule has 0 unspecified atom stereocenters. The summed E-state index contributed by atoms with van der Waals surface area (Å²) in [5.74, 6) is -0.0121. The van der Waals surface area contributed by atoms with E-state index in [2.05, 4.69) is 24.1 Å². The van der Waals surface area contributed by atoms with E-state index in [0.717, 1.165) is 4.88 Å². The van der Waals surface area contributed by atoms with E-state index in [1.54, 1.807) is 6.20 Å². The summed E-state index contributed by atoms with van der Waals surface area (Å²) in [5, 5.41) is 11.5. The second kappa shape index (κ2) is 4.34. The van der Waals surface area contributed by atoms with Gasteiger partial charge in [-0.3, -0.25) is 10.1 Å². The van der Waals surface area contributed by atoms with Gasteiger partial charge in [-0.1, -0.05) is 13.8 Å². The van der Waals surface area contributed by atoms with Crippen molar-refractivity contribution >= 4 is 22.4 Å². The molecule has 0 aliphatic rings. The highest BCUT2D eigenvalue weighted by Crippen LogP contribution is 2.24. The lowest BCUT2D eigenvalue weighted by Crippen LogP contribution is -2.14. The first-order valence-electron chi connectivity index (χ1n) is 4.00. The molecular weight excluding hydrogens is 188 g/mol. The summed E-state index contributed by atoms with van der Waals surface area (Å²) in [6.07, 6.45) is 1.74. The van der Waals surface area contributed by atoms with Crippen molar-refractivity contribution in [2.75, 3.05) is 11.9 Å². The van der Waals surface area contributed by atoms with Gasteiger partial charge in [0, 0.05) is 11.1 Å². The lowest BCUT2D eigenvalue weighted by molar-refractivity contribution is -0.118. The van der Waals surface area contributed by atoms with Crippen LogP contribution < -0.4 is 5.32 Å². The van der Waals surface area contributed by atoms with Gasteiger partial charge in [0.25, 0.3) is 5.91 Å². The number of aliphatic hydroxyl groups excluding tert-OH is 1. The molecule has 0 bridgehead atoms. The Bertz CT molecular complexity index is 296. The first-order chi connectivity index (χ1) is 6.13. The standard InChI is InChI=1S/C8H12N2O2S/c1-5(2)6-3-9-8(13-6)10-7(12)4-11/h3,5,11H,4H2,1-2H3,(H,9,10,12). The van der Waals surface area contributed by atoms with Crippen LogP contribution in [0.4, 0.5) is 5.13 Å². The molecular formula is C8H12N2O2S. The van der Waals surface area contributed by atoms with Gasteiger partial charge in [-0.2, -0.15) is 0 Å². The Hall–Kier alpha value is -0.940. The van der Waals surface area contributed by atoms with Gasteiger partial charge < -0.3 is 5.11 Å². The summed E-state index contributed by atoms with van der Waals surface area (Å²) < 4.78 is 0. The minimum Gasteiger partial charge on any atom is -0.387 e. The summed E-state index contributed by atoms with van der Waals surface area (Å²) in [4.78, 5) is 15.9. The van der Waals surface area contributed by atoms with E-state index in [9.17, 15) is 4.79 Å². The number of anilines is 1. The molecule has 0 fully saturated rings. The zero-order chi connectivity index (χ0) is 9.84. The van der Waals surface area contributed by atoms with E-state index in [0.29, 0.717) is 11.0 Å². The molecule has 1 aromatic heterocycles. The molecule has 0 atom stereocenters. The number of hydrogen-bond donors (Lipinski definition) is 2. The molecule has 0 saturated heterocycles. The minimum absolute atomic E-state index is 0.414. The predicted octanol–water partition coefficient (Wildman–Crippen LogP) is 1.20. The fourth-order valence-corrected chi connectivity index (χ4v) is 1.60. The molecule has 1 heterocycles. The summed E-state index contributed by atoms with van der Waals surface area (Å²) in [5.41, 5.74) is 0. The number of carbonyl (C=O) groups is 1. The second-order valence-corrected chi connectivity index (χ2v) is 3.99. The first kappa shape index (κ1) is 10.1. The fourth-order valence-electron chi connectivity index (χ4n) is 0.770. The highest BCUT2D eigenvalue weighted by molar-refractivity contribution is 7.15. The highest BCUT2D eigenvalue weighted by atomic mass is 32.1. The molecule has 0 aliphatic carbocycles. The van der Waals surface area contributed by atoms with Crippen LogP contribution in [-0.4, -0.2) is 22.6 Å². The number of nitrogens with one attached hydrogen (secondary N) is 1. The van der Waals surface area contributed by atoms with E-state index >= 15 is 0 Å². The maximum absolute atomic E-state index is 10.8. The zero-order valence-electron chi connectivity index (χ0n) is 7.57. The normalized spacial score (nSPS) is 10.5. The van der Waals surface area contributed by atoms with Crippen LogP contribution in [0.1, 0.15) is 24.6 Å². The number of thiazole rings is 1. The largest absolute Gasteiger partial charge is 0.387 e. The van der Waals surface area contributed by atoms with Gasteiger partial charge in [-0.25, -0.2) is 4.98 Å². The average molecular weight is 200 g/mol. The fraction of sp³-hybridized carbons (Fsp3) is 0.500. The SMILES string of the molecule is CC(C)c1cnc(NC(=O)CO)s1. The molecule has 72 valence electrons. The van der Waals surface area contributed by atoms with Gasteiger partial charge in [0.2, 0.25) is 0 Å². The van der Waals surface area contributed by atoms with Gasteiger partial charge in [-0.05, 0) is 5.92 Å². The van der Waals surface area contributed by atoms with Crippen molar-refractivity contribution in [2.45, 2.75) is 19.8 Å². The number of amides is 1. The Balaban J connectivity index is 2.64. The van der Waals surface area contributed by atoms with Crippen molar-refractivity contribution in [1.82, 2.24) is 4.98 Å². The molecule has 2 N–H and O–H groups in total. The molecule has 0 aliphatic heterocycles. The lowest BCUT2D eigenvalue weighted by Gasteiger charge is -1.97. The van der Waals surface area contributed by atoms with E-state index in [1.807, 2.05) is 0 Å². The van der Waals surface area contributed by atoms with E-state index in [4.69, 9.17) is 5.11 Å². The quantitative estimate of drug-likeness (QED) is 0.770. The van der Waals surface area contributed by atoms with E-state index in [-0.39, 0.29) is 0 Å². The average Bonchev–Trinajstić information content (AvgIpc) is 2.52. The molecule has 1 aromatic rings. The molecule has 0 radical (unpaired) electrons. The van der Waals surface area contributed by atoms with E-state index in [1.165, 1.54) is 11.3 Å². The highest BCUT2D eigenvalue weighted by Gasteiger charge is 2.07. The zero-order valence-corrected chi connectivity index (χ0v) is 8.39. The lowest BCUT2D eigenvalue weighted by atomic mass is 10.2. The van der Waals surface area contributed by atoms with Crippen molar-refractivity contribution in [3.63, 3.8) is 0 Å². The third-order valence-electron chi connectivity index (χ3n) is 1.48. The Labute approximate surface area is 80.6 Å². The maximum Gasteiger partial charge on any atom is 0.251 e. The van der Waals surface area contributed by atoms with Crippen LogP contribution in [0.5, 0.6) is 0 Å². The molecule has 0 aromatic carbocycles. The maximum atomic E-state index is 10.8. The van der Waals surface area contributed by atoms with Gasteiger partial charge in [-0.15, -0.1) is 11.3 Å². The first-order valence-corrected chi connectivity index (χ1v) is 4.81. The molecule has 0 saturated carbocycles. The Morgan fingerprint density at radius 1 is 1.77 bits per heavy atom. The predicted molar refractivity (Wildman–Crippen MR) is 51.9 cm³/mol. The van der Waals surface area contributed by atoms with Crippen LogP contribution in [0.25, 0.3) is 0 Å². The second-order valence-electron chi connectivity index (χ2n) is 2.93. The summed E-state index contributed by atoms with van der Waals surface area (Å²) in [6, 6.07) is 0. The Morgan fingerprint density at radius 3 is 2.92 bits per heavy atom. The van der Waals surface area contributed by atoms with Crippen LogP contribution in [-0.2, 0) is 4.79 Å². The minimum atomic E-state index is -0.503. The molecule has 13 heavy (non-hydrogen) atoms. The van der Waals surface area contributed by atoms with Gasteiger partial charge >= 0.3 is 0 Å². The molecule has 4 nitrogen and oxygen atoms in total. The van der Waals surface area contributed by atoms with Crippen molar-refractivity contribution in [3.8, 4) is 0 Å². The van der Waals surface area contributed by atoms with Gasteiger partial charge in [0.1, 0.15) is 6.61 Å².